The van der Waals surface area contributed by atoms with Crippen LogP contribution in [0.15, 0.2) is 18.3 Å². The first kappa shape index (κ1) is 20.5. The number of nitrogens with zero attached hydrogens (tertiary/aromatic N) is 5. The smallest absolute Gasteiger partial charge is 0.167 e. The van der Waals surface area contributed by atoms with Gasteiger partial charge in [0.05, 0.1) is 36.9 Å². The molecular formula is C20H25N7O2S. The third kappa shape index (κ3) is 3.48. The minimum atomic E-state index is -0.885. The van der Waals surface area contributed by atoms with E-state index in [2.05, 4.69) is 23.0 Å². The van der Waals surface area contributed by atoms with E-state index >= 15 is 0 Å². The largest absolute Gasteiger partial charge is 0.384 e. The number of nitrogens with two attached hydrogens (primary N) is 1. The van der Waals surface area contributed by atoms with E-state index in [-0.39, 0.29) is 11.9 Å². The Morgan fingerprint density at radius 2 is 2.27 bits per heavy atom. The number of pyridine rings is 1. The number of ether oxygens (including phenoxy) is 1. The summed E-state index contributed by atoms with van der Waals surface area (Å²) < 4.78 is 19.1. The van der Waals surface area contributed by atoms with Crippen LogP contribution in [0.3, 0.4) is 0 Å². The molecule has 2 saturated heterocycles. The average Bonchev–Trinajstić information content (AvgIpc) is 3.19. The summed E-state index contributed by atoms with van der Waals surface area (Å²) in [5, 5.41) is 22.7. The van der Waals surface area contributed by atoms with Gasteiger partial charge >= 0.3 is 0 Å². The SMILES string of the molecule is C[C@@H]1COCCN1c1cc(C2(C#N)CCS(=O)CC2)c2cnn(C(N)=CC=N)c2n1. The van der Waals surface area contributed by atoms with Crippen molar-refractivity contribution >= 4 is 39.7 Å². The molecule has 0 radical (unpaired) electrons. The van der Waals surface area contributed by atoms with Gasteiger partial charge in [-0.05, 0) is 37.5 Å². The minimum absolute atomic E-state index is 0.138. The monoisotopic (exact) mass is 427 g/mol. The van der Waals surface area contributed by atoms with Gasteiger partial charge in [0.15, 0.2) is 5.65 Å². The fraction of sp³-hybridized carbons (Fsp3) is 0.500. The number of nitriles is 1. The van der Waals surface area contributed by atoms with Gasteiger partial charge in [0.25, 0.3) is 0 Å². The molecule has 2 aliphatic rings. The van der Waals surface area contributed by atoms with E-state index in [1.165, 1.54) is 10.8 Å². The van der Waals surface area contributed by atoms with Crippen LogP contribution in [0.4, 0.5) is 5.82 Å². The number of hydrogen-bond donors (Lipinski definition) is 2. The first-order valence-electron chi connectivity index (χ1n) is 9.95. The quantitative estimate of drug-likeness (QED) is 0.704. The number of hydrogen-bond acceptors (Lipinski definition) is 8. The Balaban J connectivity index is 1.94. The standard InChI is InChI=1S/C20H25N7O2S/c1-14-12-29-7-6-26(14)18-10-16(20(13-22)3-8-30(28)9-4-20)15-11-24-27(19(15)25-18)17(23)2-5-21/h2,5,10-11,14,21H,3-4,6-9,12,23H2,1H3/t14-,20?,30?/m1/s1. The van der Waals surface area contributed by atoms with Crippen molar-refractivity contribution in [1.29, 1.82) is 10.7 Å². The number of aromatic nitrogens is 3. The molecule has 0 aliphatic carbocycles. The van der Waals surface area contributed by atoms with Gasteiger partial charge in [0, 0.05) is 40.5 Å². The Bertz CT molecular complexity index is 1060. The summed E-state index contributed by atoms with van der Waals surface area (Å²) in [5.41, 5.74) is 6.78. The Kier molecular flexibility index (Phi) is 5.58. The molecule has 158 valence electrons. The van der Waals surface area contributed by atoms with Crippen molar-refractivity contribution in [2.24, 2.45) is 5.73 Å². The summed E-state index contributed by atoms with van der Waals surface area (Å²) in [5.74, 6) is 2.04. The normalized spacial score (nSPS) is 27.7. The molecular weight excluding hydrogens is 402 g/mol. The van der Waals surface area contributed by atoms with Gasteiger partial charge in [0.1, 0.15) is 11.6 Å². The molecule has 2 aliphatic heterocycles. The lowest BCUT2D eigenvalue weighted by atomic mass is 9.76. The van der Waals surface area contributed by atoms with E-state index < -0.39 is 16.2 Å². The van der Waals surface area contributed by atoms with Crippen molar-refractivity contribution in [1.82, 2.24) is 14.8 Å². The van der Waals surface area contributed by atoms with E-state index in [4.69, 9.17) is 20.9 Å². The second kappa shape index (κ2) is 8.16. The second-order valence-electron chi connectivity index (χ2n) is 7.74. The minimum Gasteiger partial charge on any atom is -0.384 e. The second-order valence-corrected chi connectivity index (χ2v) is 9.44. The van der Waals surface area contributed by atoms with Crippen molar-refractivity contribution in [2.45, 2.75) is 31.2 Å². The van der Waals surface area contributed by atoms with Crippen molar-refractivity contribution in [3.63, 3.8) is 0 Å². The lowest BCUT2D eigenvalue weighted by Crippen LogP contribution is -2.44. The molecule has 2 fully saturated rings. The van der Waals surface area contributed by atoms with E-state index in [0.29, 0.717) is 49.8 Å². The number of anilines is 1. The molecule has 2 aromatic heterocycles. The highest BCUT2D eigenvalue weighted by Gasteiger charge is 2.39. The van der Waals surface area contributed by atoms with Crippen molar-refractivity contribution in [3.8, 4) is 6.07 Å². The predicted octanol–water partition coefficient (Wildman–Crippen LogP) is 1.37. The van der Waals surface area contributed by atoms with Gasteiger partial charge in [-0.1, -0.05) is 0 Å². The van der Waals surface area contributed by atoms with Crippen LogP contribution >= 0.6 is 0 Å². The highest BCUT2D eigenvalue weighted by Crippen LogP contribution is 2.40. The molecule has 0 unspecified atom stereocenters. The highest BCUT2D eigenvalue weighted by molar-refractivity contribution is 7.85. The molecule has 3 N–H and O–H groups in total. The summed E-state index contributed by atoms with van der Waals surface area (Å²) in [7, 11) is -0.885. The first-order chi connectivity index (χ1) is 14.5. The van der Waals surface area contributed by atoms with Gasteiger partial charge in [-0.15, -0.1) is 0 Å². The number of allylic oxidation sites excluding steroid dienone is 1. The zero-order valence-electron chi connectivity index (χ0n) is 16.9. The molecule has 0 spiro atoms. The molecule has 9 nitrogen and oxygen atoms in total. The lowest BCUT2D eigenvalue weighted by Gasteiger charge is -2.36. The molecule has 0 saturated carbocycles. The van der Waals surface area contributed by atoms with Crippen LogP contribution in [0.2, 0.25) is 0 Å². The summed E-state index contributed by atoms with van der Waals surface area (Å²) in [6.07, 6.45) is 5.29. The van der Waals surface area contributed by atoms with Crippen LogP contribution in [0.1, 0.15) is 25.3 Å². The third-order valence-electron chi connectivity index (χ3n) is 5.93. The first-order valence-corrected chi connectivity index (χ1v) is 11.4. The van der Waals surface area contributed by atoms with Crippen molar-refractivity contribution in [2.75, 3.05) is 36.2 Å². The van der Waals surface area contributed by atoms with Gasteiger partial charge in [-0.3, -0.25) is 4.21 Å². The van der Waals surface area contributed by atoms with Crippen LogP contribution < -0.4 is 10.6 Å². The maximum absolute atomic E-state index is 12.0. The summed E-state index contributed by atoms with van der Waals surface area (Å²) >= 11 is 0. The third-order valence-corrected chi connectivity index (χ3v) is 7.25. The average molecular weight is 428 g/mol. The van der Waals surface area contributed by atoms with Crippen LogP contribution in [0.25, 0.3) is 16.9 Å². The van der Waals surface area contributed by atoms with Crippen LogP contribution in [-0.4, -0.2) is 62.5 Å². The molecule has 4 rings (SSSR count). The van der Waals surface area contributed by atoms with E-state index in [1.807, 2.05) is 6.07 Å². The lowest BCUT2D eigenvalue weighted by molar-refractivity contribution is 0.0985. The molecule has 0 aromatic carbocycles. The summed E-state index contributed by atoms with van der Waals surface area (Å²) in [4.78, 5) is 7.03. The number of nitrogens with one attached hydrogen (secondary N) is 1. The molecule has 10 heteroatoms. The van der Waals surface area contributed by atoms with E-state index in [1.54, 1.807) is 6.20 Å². The molecule has 30 heavy (non-hydrogen) atoms. The Hall–Kier alpha value is -2.77. The van der Waals surface area contributed by atoms with Gasteiger partial charge in [0.2, 0.25) is 0 Å². The Morgan fingerprint density at radius 1 is 1.50 bits per heavy atom. The van der Waals surface area contributed by atoms with Crippen LogP contribution in [-0.2, 0) is 21.0 Å². The fourth-order valence-electron chi connectivity index (χ4n) is 4.19. The molecule has 0 bridgehead atoms. The summed E-state index contributed by atoms with van der Waals surface area (Å²) in [6.45, 7) is 3.99. The van der Waals surface area contributed by atoms with Crippen LogP contribution in [0, 0.1) is 16.7 Å². The number of morpholine rings is 1. The molecule has 2 aromatic rings. The van der Waals surface area contributed by atoms with Crippen molar-refractivity contribution < 1.29 is 8.95 Å². The number of rotatable bonds is 4. The highest BCUT2D eigenvalue weighted by atomic mass is 32.2. The maximum atomic E-state index is 12.0. The Labute approximate surface area is 177 Å². The predicted molar refractivity (Wildman–Crippen MR) is 117 cm³/mol. The number of fused-ring (bicyclic) bond motifs is 1. The fourth-order valence-corrected chi connectivity index (χ4v) is 5.54. The molecule has 1 atom stereocenters. The summed E-state index contributed by atoms with van der Waals surface area (Å²) in [6, 6.07) is 4.66. The molecule has 0 amide bonds. The zero-order valence-corrected chi connectivity index (χ0v) is 17.7. The van der Waals surface area contributed by atoms with Gasteiger partial charge in [-0.2, -0.15) is 15.0 Å². The zero-order chi connectivity index (χ0) is 21.3. The topological polar surface area (TPSA) is 134 Å². The van der Waals surface area contributed by atoms with Gasteiger partial charge in [-0.25, -0.2) is 4.98 Å². The maximum Gasteiger partial charge on any atom is 0.167 e. The van der Waals surface area contributed by atoms with Gasteiger partial charge < -0.3 is 20.8 Å². The molecule has 4 heterocycles. The van der Waals surface area contributed by atoms with Crippen LogP contribution in [0.5, 0.6) is 0 Å². The van der Waals surface area contributed by atoms with E-state index in [0.717, 1.165) is 23.0 Å². The Morgan fingerprint density at radius 3 is 2.93 bits per heavy atom. The van der Waals surface area contributed by atoms with Crippen molar-refractivity contribution in [3.05, 3.63) is 23.9 Å². The van der Waals surface area contributed by atoms with E-state index in [9.17, 15) is 9.47 Å².